The molecule has 0 bridgehead atoms. The Morgan fingerprint density at radius 1 is 1.27 bits per heavy atom. The monoisotopic (exact) mass is 406 g/mol. The summed E-state index contributed by atoms with van der Waals surface area (Å²) in [6, 6.07) is 12.4. The molecule has 3 aromatic rings. The number of rotatable bonds is 7. The van der Waals surface area contributed by atoms with E-state index < -0.39 is 4.92 Å². The lowest BCUT2D eigenvalue weighted by molar-refractivity contribution is -0.383. The highest BCUT2D eigenvalue weighted by molar-refractivity contribution is 5.77. The van der Waals surface area contributed by atoms with Gasteiger partial charge in [0.15, 0.2) is 5.82 Å². The van der Waals surface area contributed by atoms with E-state index >= 15 is 0 Å². The molecule has 0 radical (unpaired) electrons. The highest BCUT2D eigenvalue weighted by Gasteiger charge is 2.26. The van der Waals surface area contributed by atoms with Crippen molar-refractivity contribution in [1.82, 2.24) is 10.2 Å². The molecule has 1 aliphatic rings. The molecule has 152 valence electrons. The first-order valence-corrected chi connectivity index (χ1v) is 9.51. The van der Waals surface area contributed by atoms with Crippen LogP contribution >= 0.6 is 0 Å². The molecule has 4 rings (SSSR count). The number of nitrogens with one attached hydrogen (secondary N) is 3. The van der Waals surface area contributed by atoms with Crippen LogP contribution in [0.3, 0.4) is 0 Å². The molecule has 1 aromatic heterocycles. The third kappa shape index (κ3) is 4.07. The van der Waals surface area contributed by atoms with Crippen LogP contribution in [0.25, 0.3) is 0 Å². The van der Waals surface area contributed by atoms with Crippen LogP contribution in [0.2, 0.25) is 0 Å². The van der Waals surface area contributed by atoms with E-state index in [2.05, 4.69) is 20.8 Å². The van der Waals surface area contributed by atoms with E-state index in [1.54, 1.807) is 12.1 Å². The Bertz CT molecular complexity index is 1130. The number of anilines is 3. The second kappa shape index (κ2) is 7.83. The van der Waals surface area contributed by atoms with Crippen molar-refractivity contribution >= 4 is 22.9 Å². The Morgan fingerprint density at radius 3 is 2.63 bits per heavy atom. The zero-order valence-corrected chi connectivity index (χ0v) is 16.1. The molecule has 1 unspecified atom stereocenters. The lowest BCUT2D eigenvalue weighted by atomic mass is 10.1. The summed E-state index contributed by atoms with van der Waals surface area (Å²) < 4.78 is 13.2. The minimum absolute atomic E-state index is 0.141. The van der Waals surface area contributed by atoms with Crippen LogP contribution in [0.4, 0.5) is 27.3 Å². The first-order valence-electron chi connectivity index (χ1n) is 9.51. The predicted molar refractivity (Wildman–Crippen MR) is 110 cm³/mol. The molecule has 2 aromatic carbocycles. The minimum atomic E-state index is -0.537. The average Bonchev–Trinajstić information content (AvgIpc) is 3.47. The van der Waals surface area contributed by atoms with Crippen LogP contribution in [0.5, 0.6) is 0 Å². The number of benzene rings is 2. The van der Waals surface area contributed by atoms with Crippen LogP contribution in [0, 0.1) is 27.3 Å². The van der Waals surface area contributed by atoms with Gasteiger partial charge in [-0.1, -0.05) is 12.1 Å². The number of hydrogen-bond acceptors (Lipinski definition) is 6. The second-order valence-corrected chi connectivity index (χ2v) is 7.31. The fourth-order valence-corrected chi connectivity index (χ4v) is 3.26. The third-order valence-electron chi connectivity index (χ3n) is 5.07. The van der Waals surface area contributed by atoms with Crippen LogP contribution in [0.15, 0.2) is 42.5 Å². The van der Waals surface area contributed by atoms with Gasteiger partial charge in [0.2, 0.25) is 0 Å². The first-order chi connectivity index (χ1) is 14.4. The van der Waals surface area contributed by atoms with Crippen molar-refractivity contribution in [2.45, 2.75) is 31.7 Å². The summed E-state index contributed by atoms with van der Waals surface area (Å²) in [7, 11) is 0. The number of nitrogens with zero attached hydrogens (tertiary/aromatic N) is 3. The van der Waals surface area contributed by atoms with Gasteiger partial charge < -0.3 is 10.6 Å². The lowest BCUT2D eigenvalue weighted by Crippen LogP contribution is -2.09. The molecule has 1 saturated carbocycles. The van der Waals surface area contributed by atoms with Gasteiger partial charge in [-0.25, -0.2) is 4.39 Å². The van der Waals surface area contributed by atoms with Gasteiger partial charge in [0.1, 0.15) is 17.6 Å². The van der Waals surface area contributed by atoms with E-state index in [9.17, 15) is 19.8 Å². The number of nitro benzene ring substituents is 1. The number of aromatic nitrogens is 2. The van der Waals surface area contributed by atoms with Gasteiger partial charge in [-0.2, -0.15) is 10.4 Å². The van der Waals surface area contributed by atoms with Crippen LogP contribution in [0.1, 0.15) is 48.5 Å². The van der Waals surface area contributed by atoms with E-state index in [-0.39, 0.29) is 28.8 Å². The SMILES string of the molecule is CC(Nc1cc(Nc2cc(C3CC3)[nH]n2)c([N+](=O)[O-])cc1C#N)c1ccc(F)cc1. The Kier molecular flexibility index (Phi) is 5.06. The van der Waals surface area contributed by atoms with Crippen molar-refractivity contribution in [3.8, 4) is 6.07 Å². The molecule has 9 heteroatoms. The summed E-state index contributed by atoms with van der Waals surface area (Å²) in [6.45, 7) is 1.86. The Hall–Kier alpha value is -3.93. The molecule has 1 fully saturated rings. The number of hydrogen-bond donors (Lipinski definition) is 3. The summed E-state index contributed by atoms with van der Waals surface area (Å²) in [4.78, 5) is 11.0. The van der Waals surface area contributed by atoms with Gasteiger partial charge in [0, 0.05) is 29.8 Å². The number of nitriles is 1. The van der Waals surface area contributed by atoms with Crippen molar-refractivity contribution in [2.24, 2.45) is 0 Å². The van der Waals surface area contributed by atoms with E-state index in [1.807, 2.05) is 19.1 Å². The van der Waals surface area contributed by atoms with Crippen molar-refractivity contribution in [2.75, 3.05) is 10.6 Å². The summed E-state index contributed by atoms with van der Waals surface area (Å²) >= 11 is 0. The van der Waals surface area contributed by atoms with Gasteiger partial charge in [-0.3, -0.25) is 15.2 Å². The van der Waals surface area contributed by atoms with E-state index in [4.69, 9.17) is 0 Å². The summed E-state index contributed by atoms with van der Waals surface area (Å²) in [5.41, 5.74) is 2.39. The summed E-state index contributed by atoms with van der Waals surface area (Å²) in [5.74, 6) is 0.607. The molecule has 1 atom stereocenters. The maximum absolute atomic E-state index is 13.2. The van der Waals surface area contributed by atoms with Gasteiger partial charge in [0.05, 0.1) is 16.2 Å². The van der Waals surface area contributed by atoms with E-state index in [0.29, 0.717) is 17.4 Å². The van der Waals surface area contributed by atoms with Gasteiger partial charge in [-0.05, 0) is 43.5 Å². The predicted octanol–water partition coefficient (Wildman–Crippen LogP) is 5.12. The average molecular weight is 406 g/mol. The quantitative estimate of drug-likeness (QED) is 0.370. The Labute approximate surface area is 171 Å². The Balaban J connectivity index is 1.65. The molecule has 0 aliphatic heterocycles. The topological polar surface area (TPSA) is 120 Å². The number of nitro groups is 1. The fourth-order valence-electron chi connectivity index (χ4n) is 3.26. The molecule has 3 N–H and O–H groups in total. The van der Waals surface area contributed by atoms with Crippen molar-refractivity contribution in [3.05, 3.63) is 75.2 Å². The number of H-pyrrole nitrogens is 1. The standard InChI is InChI=1S/C21H19FN6O2/c1-12(13-4-6-16(22)7-5-13)24-17-9-19(20(28(29)30)8-15(17)11-23)25-21-10-18(26-27-21)14-2-3-14/h4-10,12,14,24H,2-3H2,1H3,(H2,25,26,27). The van der Waals surface area contributed by atoms with Gasteiger partial charge in [-0.15, -0.1) is 0 Å². The highest BCUT2D eigenvalue weighted by Crippen LogP contribution is 2.40. The van der Waals surface area contributed by atoms with Gasteiger partial charge >= 0.3 is 0 Å². The molecule has 1 heterocycles. The molecule has 0 spiro atoms. The summed E-state index contributed by atoms with van der Waals surface area (Å²) in [5, 5.41) is 34.4. The van der Waals surface area contributed by atoms with Gasteiger partial charge in [0.25, 0.3) is 5.69 Å². The summed E-state index contributed by atoms with van der Waals surface area (Å²) in [6.07, 6.45) is 2.21. The first kappa shape index (κ1) is 19.4. The number of aromatic amines is 1. The largest absolute Gasteiger partial charge is 0.377 e. The van der Waals surface area contributed by atoms with Crippen molar-refractivity contribution in [3.63, 3.8) is 0 Å². The normalized spacial score (nSPS) is 14.0. The molecular weight excluding hydrogens is 387 g/mol. The van der Waals surface area contributed by atoms with Crippen LogP contribution in [-0.2, 0) is 0 Å². The molecule has 1 aliphatic carbocycles. The maximum atomic E-state index is 13.2. The molecule has 8 nitrogen and oxygen atoms in total. The zero-order chi connectivity index (χ0) is 21.3. The van der Waals surface area contributed by atoms with Crippen molar-refractivity contribution < 1.29 is 9.31 Å². The maximum Gasteiger partial charge on any atom is 0.294 e. The van der Waals surface area contributed by atoms with E-state index in [1.165, 1.54) is 24.3 Å². The highest BCUT2D eigenvalue weighted by atomic mass is 19.1. The third-order valence-corrected chi connectivity index (χ3v) is 5.07. The molecule has 0 saturated heterocycles. The van der Waals surface area contributed by atoms with E-state index in [0.717, 1.165) is 24.1 Å². The molecule has 0 amide bonds. The molecule has 30 heavy (non-hydrogen) atoms. The van der Waals surface area contributed by atoms with Crippen LogP contribution < -0.4 is 10.6 Å². The smallest absolute Gasteiger partial charge is 0.294 e. The second-order valence-electron chi connectivity index (χ2n) is 7.31. The minimum Gasteiger partial charge on any atom is -0.377 e. The number of halogens is 1. The zero-order valence-electron chi connectivity index (χ0n) is 16.1. The van der Waals surface area contributed by atoms with Crippen molar-refractivity contribution in [1.29, 1.82) is 5.26 Å². The fraction of sp³-hybridized carbons (Fsp3) is 0.238. The lowest BCUT2D eigenvalue weighted by Gasteiger charge is -2.18. The van der Waals surface area contributed by atoms with Crippen LogP contribution in [-0.4, -0.2) is 15.1 Å². The Morgan fingerprint density at radius 2 is 2.00 bits per heavy atom. The molecular formula is C21H19FN6O2.